The van der Waals surface area contributed by atoms with Gasteiger partial charge in [0, 0.05) is 15.6 Å². The van der Waals surface area contributed by atoms with Crippen LogP contribution in [0.15, 0.2) is 54.6 Å². The minimum Gasteiger partial charge on any atom is -0.497 e. The number of ether oxygens (including phenoxy) is 1. The molecule has 0 unspecified atom stereocenters. The van der Waals surface area contributed by atoms with Crippen LogP contribution >= 0.6 is 23.2 Å². The maximum Gasteiger partial charge on any atom is 0.325 e. The van der Waals surface area contributed by atoms with Crippen LogP contribution in [0.4, 0.5) is 4.79 Å². The molecule has 4 rings (SSSR count). The fourth-order valence-electron chi connectivity index (χ4n) is 3.54. The lowest BCUT2D eigenvalue weighted by Crippen LogP contribution is -2.40. The number of benzene rings is 3. The standard InChI is InChI=1S/C22H18Cl2N2O3/c1-22(15-8-6-14-11-16(29-2)9-7-13(14)10-15)20(27)26(21(28)25-22)12-17-18(23)4-3-5-19(17)24/h3-11H,12H2,1-2H3,(H,25,28)/t22-/m1/s1. The van der Waals surface area contributed by atoms with Gasteiger partial charge >= 0.3 is 6.03 Å². The number of hydrogen-bond acceptors (Lipinski definition) is 3. The summed E-state index contributed by atoms with van der Waals surface area (Å²) in [5, 5.41) is 5.56. The highest BCUT2D eigenvalue weighted by Gasteiger charge is 2.49. The first kappa shape index (κ1) is 19.6. The molecule has 0 aliphatic carbocycles. The predicted molar refractivity (Wildman–Crippen MR) is 113 cm³/mol. The molecule has 0 radical (unpaired) electrons. The summed E-state index contributed by atoms with van der Waals surface area (Å²) in [6, 6.07) is 15.9. The second-order valence-electron chi connectivity index (χ2n) is 7.07. The molecule has 148 valence electrons. The molecule has 3 aromatic carbocycles. The van der Waals surface area contributed by atoms with Crippen molar-refractivity contribution in [3.05, 3.63) is 75.8 Å². The number of nitrogens with zero attached hydrogens (tertiary/aromatic N) is 1. The van der Waals surface area contributed by atoms with Crippen LogP contribution in [0.1, 0.15) is 18.1 Å². The number of carbonyl (C=O) groups excluding carboxylic acids is 2. The van der Waals surface area contributed by atoms with E-state index in [1.807, 2.05) is 36.4 Å². The molecule has 5 nitrogen and oxygen atoms in total. The van der Waals surface area contributed by atoms with Crippen molar-refractivity contribution in [2.24, 2.45) is 0 Å². The lowest BCUT2D eigenvalue weighted by molar-refractivity contribution is -0.131. The highest BCUT2D eigenvalue weighted by Crippen LogP contribution is 2.34. The van der Waals surface area contributed by atoms with E-state index in [9.17, 15) is 9.59 Å². The van der Waals surface area contributed by atoms with Crippen molar-refractivity contribution < 1.29 is 14.3 Å². The number of rotatable bonds is 4. The minimum atomic E-state index is -1.18. The van der Waals surface area contributed by atoms with Gasteiger partial charge in [0.25, 0.3) is 5.91 Å². The van der Waals surface area contributed by atoms with E-state index in [1.54, 1.807) is 32.2 Å². The largest absolute Gasteiger partial charge is 0.497 e. The molecule has 7 heteroatoms. The zero-order chi connectivity index (χ0) is 20.8. The number of amides is 3. The average molecular weight is 429 g/mol. The molecule has 3 aromatic rings. The molecular weight excluding hydrogens is 411 g/mol. The quantitative estimate of drug-likeness (QED) is 0.586. The van der Waals surface area contributed by atoms with Crippen molar-refractivity contribution in [3.63, 3.8) is 0 Å². The van der Waals surface area contributed by atoms with E-state index < -0.39 is 11.6 Å². The van der Waals surface area contributed by atoms with Crippen LogP contribution in [0.25, 0.3) is 10.8 Å². The first-order valence-electron chi connectivity index (χ1n) is 8.99. The van der Waals surface area contributed by atoms with E-state index in [0.717, 1.165) is 21.4 Å². The summed E-state index contributed by atoms with van der Waals surface area (Å²) in [5.74, 6) is 0.399. The predicted octanol–water partition coefficient (Wildman–Crippen LogP) is 5.12. The third-order valence-electron chi connectivity index (χ3n) is 5.28. The molecule has 1 atom stereocenters. The summed E-state index contributed by atoms with van der Waals surface area (Å²) in [7, 11) is 1.61. The van der Waals surface area contributed by atoms with E-state index in [-0.39, 0.29) is 12.5 Å². The van der Waals surface area contributed by atoms with Crippen LogP contribution in [-0.4, -0.2) is 23.9 Å². The van der Waals surface area contributed by atoms with Crippen molar-refractivity contribution in [2.75, 3.05) is 7.11 Å². The van der Waals surface area contributed by atoms with E-state index in [2.05, 4.69) is 5.32 Å². The first-order chi connectivity index (χ1) is 13.8. The van der Waals surface area contributed by atoms with Gasteiger partial charge in [0.05, 0.1) is 13.7 Å². The lowest BCUT2D eigenvalue weighted by atomic mass is 9.90. The molecule has 1 N–H and O–H groups in total. The Morgan fingerprint density at radius 3 is 2.34 bits per heavy atom. The normalized spacial score (nSPS) is 19.0. The van der Waals surface area contributed by atoms with Crippen LogP contribution in [0.3, 0.4) is 0 Å². The Morgan fingerprint density at radius 2 is 1.66 bits per heavy atom. The second-order valence-corrected chi connectivity index (χ2v) is 7.89. The Hall–Kier alpha value is -2.76. The molecule has 29 heavy (non-hydrogen) atoms. The van der Waals surface area contributed by atoms with Gasteiger partial charge in [-0.25, -0.2) is 4.79 Å². The van der Waals surface area contributed by atoms with E-state index in [0.29, 0.717) is 21.2 Å². The van der Waals surface area contributed by atoms with E-state index in [4.69, 9.17) is 27.9 Å². The minimum absolute atomic E-state index is 0.00352. The van der Waals surface area contributed by atoms with Crippen LogP contribution < -0.4 is 10.1 Å². The second kappa shape index (κ2) is 7.25. The molecular formula is C22H18Cl2N2O3. The summed E-state index contributed by atoms with van der Waals surface area (Å²) in [4.78, 5) is 27.0. The summed E-state index contributed by atoms with van der Waals surface area (Å²) in [6.45, 7) is 1.70. The Bertz CT molecular complexity index is 1130. The number of methoxy groups -OCH3 is 1. The van der Waals surface area contributed by atoms with Crippen molar-refractivity contribution >= 4 is 45.9 Å². The zero-order valence-corrected chi connectivity index (χ0v) is 17.3. The summed E-state index contributed by atoms with van der Waals surface area (Å²) >= 11 is 12.4. The maximum atomic E-state index is 13.2. The SMILES string of the molecule is COc1ccc2cc([C@@]3(C)NC(=O)N(Cc4c(Cl)cccc4Cl)C3=O)ccc2c1. The Labute approximate surface area is 178 Å². The van der Waals surface area contributed by atoms with Crippen molar-refractivity contribution in [1.29, 1.82) is 0 Å². The van der Waals surface area contributed by atoms with Crippen LogP contribution in [-0.2, 0) is 16.9 Å². The number of fused-ring (bicyclic) bond motifs is 1. The molecule has 1 aliphatic rings. The van der Waals surface area contributed by atoms with Gasteiger partial charge in [-0.2, -0.15) is 0 Å². The number of hydrogen-bond donors (Lipinski definition) is 1. The highest BCUT2D eigenvalue weighted by molar-refractivity contribution is 6.36. The summed E-state index contributed by atoms with van der Waals surface area (Å²) < 4.78 is 5.25. The molecule has 0 saturated carbocycles. The van der Waals surface area contributed by atoms with Crippen molar-refractivity contribution in [2.45, 2.75) is 19.0 Å². The van der Waals surface area contributed by atoms with Gasteiger partial charge in [0.2, 0.25) is 0 Å². The molecule has 1 heterocycles. The number of carbonyl (C=O) groups is 2. The number of urea groups is 1. The molecule has 0 bridgehead atoms. The van der Waals surface area contributed by atoms with Gasteiger partial charge < -0.3 is 10.1 Å². The topological polar surface area (TPSA) is 58.6 Å². The first-order valence-corrected chi connectivity index (χ1v) is 9.74. The average Bonchev–Trinajstić information content (AvgIpc) is 2.93. The van der Waals surface area contributed by atoms with Crippen molar-refractivity contribution in [3.8, 4) is 5.75 Å². The van der Waals surface area contributed by atoms with Gasteiger partial charge in [-0.05, 0) is 53.6 Å². The number of imide groups is 1. The monoisotopic (exact) mass is 428 g/mol. The van der Waals surface area contributed by atoms with Crippen LogP contribution in [0.5, 0.6) is 5.75 Å². The molecule has 0 spiro atoms. The van der Waals surface area contributed by atoms with Gasteiger partial charge in [-0.3, -0.25) is 9.69 Å². The zero-order valence-electron chi connectivity index (χ0n) is 15.8. The molecule has 1 fully saturated rings. The van der Waals surface area contributed by atoms with E-state index in [1.165, 1.54) is 0 Å². The van der Waals surface area contributed by atoms with Gasteiger partial charge in [-0.15, -0.1) is 0 Å². The molecule has 1 saturated heterocycles. The molecule has 3 amide bonds. The van der Waals surface area contributed by atoms with Crippen LogP contribution in [0.2, 0.25) is 10.0 Å². The maximum absolute atomic E-state index is 13.2. The third kappa shape index (κ3) is 3.30. The molecule has 1 aliphatic heterocycles. The Kier molecular flexibility index (Phi) is 4.89. The van der Waals surface area contributed by atoms with Gasteiger partial charge in [0.1, 0.15) is 11.3 Å². The summed E-state index contributed by atoms with van der Waals surface area (Å²) in [5.41, 5.74) is 0.0503. The third-order valence-corrected chi connectivity index (χ3v) is 5.99. The van der Waals surface area contributed by atoms with E-state index >= 15 is 0 Å². The number of halogens is 2. The smallest absolute Gasteiger partial charge is 0.325 e. The van der Waals surface area contributed by atoms with Crippen LogP contribution in [0, 0.1) is 0 Å². The Morgan fingerprint density at radius 1 is 1.00 bits per heavy atom. The number of nitrogens with one attached hydrogen (secondary N) is 1. The molecule has 0 aromatic heterocycles. The summed E-state index contributed by atoms with van der Waals surface area (Å²) in [6.07, 6.45) is 0. The highest BCUT2D eigenvalue weighted by atomic mass is 35.5. The fraction of sp³-hybridized carbons (Fsp3) is 0.182. The van der Waals surface area contributed by atoms with Gasteiger partial charge in [-0.1, -0.05) is 47.5 Å². The van der Waals surface area contributed by atoms with Crippen molar-refractivity contribution in [1.82, 2.24) is 10.2 Å². The van der Waals surface area contributed by atoms with Gasteiger partial charge in [0.15, 0.2) is 0 Å². The lowest BCUT2D eigenvalue weighted by Gasteiger charge is -2.23. The fourth-order valence-corrected chi connectivity index (χ4v) is 4.06. The Balaban J connectivity index is 1.69.